The molecule has 0 amide bonds. The summed E-state index contributed by atoms with van der Waals surface area (Å²) in [6, 6.07) is 9.81. The maximum atomic E-state index is 5.48. The Balaban J connectivity index is 2.14. The summed E-state index contributed by atoms with van der Waals surface area (Å²) in [7, 11) is -1.34. The van der Waals surface area contributed by atoms with Gasteiger partial charge in [-0.3, -0.25) is 0 Å². The van der Waals surface area contributed by atoms with Crippen molar-refractivity contribution in [3.8, 4) is 0 Å². The van der Waals surface area contributed by atoms with E-state index in [0.717, 1.165) is 11.6 Å². The Bertz CT molecular complexity index is 378. The van der Waals surface area contributed by atoms with Gasteiger partial charge in [-0.15, -0.1) is 6.58 Å². The van der Waals surface area contributed by atoms with E-state index in [1.807, 2.05) is 6.08 Å². The van der Waals surface area contributed by atoms with Crippen molar-refractivity contribution in [2.45, 2.75) is 25.4 Å². The van der Waals surface area contributed by atoms with Crippen LogP contribution in [0.2, 0.25) is 19.1 Å². The minimum absolute atomic E-state index is 0.159. The smallest absolute Gasteiger partial charge is 0.184 e. The maximum Gasteiger partial charge on any atom is 0.184 e. The molecular formula is C14H20O2Si. The van der Waals surface area contributed by atoms with Gasteiger partial charge in [-0.25, -0.2) is 0 Å². The molecule has 17 heavy (non-hydrogen) atoms. The molecule has 1 saturated heterocycles. The van der Waals surface area contributed by atoms with E-state index >= 15 is 0 Å². The topological polar surface area (TPSA) is 18.5 Å². The molecule has 0 aliphatic carbocycles. The number of hydrogen-bond acceptors (Lipinski definition) is 2. The maximum absolute atomic E-state index is 5.48. The first kappa shape index (κ1) is 12.6. The summed E-state index contributed by atoms with van der Waals surface area (Å²) in [4.78, 5) is 0. The molecule has 1 fully saturated rings. The van der Waals surface area contributed by atoms with Crippen molar-refractivity contribution in [1.82, 2.24) is 0 Å². The van der Waals surface area contributed by atoms with Crippen molar-refractivity contribution in [3.63, 3.8) is 0 Å². The Morgan fingerprint density at radius 3 is 2.35 bits per heavy atom. The number of benzene rings is 1. The van der Waals surface area contributed by atoms with Crippen LogP contribution in [0.1, 0.15) is 11.9 Å². The van der Waals surface area contributed by atoms with Crippen molar-refractivity contribution in [3.05, 3.63) is 42.5 Å². The van der Waals surface area contributed by atoms with Crippen LogP contribution in [0, 0.1) is 0 Å². The first-order valence-corrected chi connectivity index (χ1v) is 9.29. The molecule has 0 aromatic heterocycles. The summed E-state index contributed by atoms with van der Waals surface area (Å²) in [5.41, 5.74) is 1.12. The fraction of sp³-hybridized carbons (Fsp3) is 0.429. The minimum Gasteiger partial charge on any atom is -0.346 e. The third kappa shape index (κ3) is 2.86. The van der Waals surface area contributed by atoms with Crippen LogP contribution in [0.4, 0.5) is 0 Å². The summed E-state index contributed by atoms with van der Waals surface area (Å²) < 4.78 is 11.0. The third-order valence-corrected chi connectivity index (χ3v) is 6.45. The highest BCUT2D eigenvalue weighted by molar-refractivity contribution is 6.90. The highest BCUT2D eigenvalue weighted by Gasteiger charge is 2.23. The monoisotopic (exact) mass is 248 g/mol. The van der Waals surface area contributed by atoms with Gasteiger partial charge in [-0.1, -0.05) is 48.6 Å². The highest BCUT2D eigenvalue weighted by Crippen LogP contribution is 2.22. The van der Waals surface area contributed by atoms with E-state index in [4.69, 9.17) is 9.47 Å². The first-order chi connectivity index (χ1) is 8.13. The summed E-state index contributed by atoms with van der Waals surface area (Å²) >= 11 is 0. The van der Waals surface area contributed by atoms with E-state index in [1.54, 1.807) is 0 Å². The largest absolute Gasteiger partial charge is 0.346 e. The zero-order valence-electron chi connectivity index (χ0n) is 10.6. The van der Waals surface area contributed by atoms with Crippen LogP contribution in [0.3, 0.4) is 0 Å². The molecular weight excluding hydrogens is 228 g/mol. The number of ether oxygens (including phenoxy) is 2. The van der Waals surface area contributed by atoms with Gasteiger partial charge in [0, 0.05) is 5.56 Å². The number of rotatable bonds is 4. The second-order valence-corrected chi connectivity index (χ2v) is 9.83. The molecule has 1 aromatic rings. The van der Waals surface area contributed by atoms with E-state index in [0.29, 0.717) is 13.2 Å². The lowest BCUT2D eigenvalue weighted by molar-refractivity contribution is -0.0441. The molecule has 2 rings (SSSR count). The molecule has 0 N–H and O–H groups in total. The number of hydrogen-bond donors (Lipinski definition) is 0. The molecule has 0 unspecified atom stereocenters. The zero-order chi connectivity index (χ0) is 12.3. The molecule has 1 heterocycles. The van der Waals surface area contributed by atoms with Crippen molar-refractivity contribution < 1.29 is 9.47 Å². The Kier molecular flexibility index (Phi) is 3.81. The lowest BCUT2D eigenvalue weighted by Gasteiger charge is -2.21. The van der Waals surface area contributed by atoms with E-state index < -0.39 is 8.07 Å². The molecule has 3 heteroatoms. The molecule has 1 aliphatic heterocycles. The lowest BCUT2D eigenvalue weighted by atomic mass is 10.2. The van der Waals surface area contributed by atoms with Gasteiger partial charge in [0.2, 0.25) is 0 Å². The molecule has 2 nitrogen and oxygen atoms in total. The van der Waals surface area contributed by atoms with E-state index in [-0.39, 0.29) is 6.29 Å². The third-order valence-electron chi connectivity index (χ3n) is 3.24. The van der Waals surface area contributed by atoms with Gasteiger partial charge >= 0.3 is 0 Å². The fourth-order valence-electron chi connectivity index (χ4n) is 2.12. The van der Waals surface area contributed by atoms with Gasteiger partial charge in [0.1, 0.15) is 0 Å². The Morgan fingerprint density at radius 1 is 1.24 bits per heavy atom. The first-order valence-electron chi connectivity index (χ1n) is 6.08. The average molecular weight is 248 g/mol. The summed E-state index contributed by atoms with van der Waals surface area (Å²) in [5.74, 6) is 0. The summed E-state index contributed by atoms with van der Waals surface area (Å²) in [6.45, 7) is 9.98. The molecule has 0 saturated carbocycles. The summed E-state index contributed by atoms with van der Waals surface area (Å²) in [5, 5.41) is 1.46. The predicted octanol–water partition coefficient (Wildman–Crippen LogP) is 2.83. The second-order valence-electron chi connectivity index (χ2n) is 5.07. The SMILES string of the molecule is C=CC[Si](C)(C)c1ccc(C2OCCO2)cc1. The predicted molar refractivity (Wildman–Crippen MR) is 73.2 cm³/mol. The lowest BCUT2D eigenvalue weighted by Crippen LogP contribution is -2.40. The van der Waals surface area contributed by atoms with Crippen molar-refractivity contribution in [2.75, 3.05) is 13.2 Å². The van der Waals surface area contributed by atoms with Crippen LogP contribution in [0.15, 0.2) is 36.9 Å². The van der Waals surface area contributed by atoms with Crippen LogP contribution in [-0.4, -0.2) is 21.3 Å². The quantitative estimate of drug-likeness (QED) is 0.602. The zero-order valence-corrected chi connectivity index (χ0v) is 11.6. The Labute approximate surface area is 104 Å². The highest BCUT2D eigenvalue weighted by atomic mass is 28.3. The number of allylic oxidation sites excluding steroid dienone is 1. The van der Waals surface area contributed by atoms with Gasteiger partial charge in [-0.05, 0) is 6.04 Å². The van der Waals surface area contributed by atoms with E-state index in [9.17, 15) is 0 Å². The molecule has 0 atom stereocenters. The van der Waals surface area contributed by atoms with Crippen molar-refractivity contribution in [1.29, 1.82) is 0 Å². The van der Waals surface area contributed by atoms with Gasteiger partial charge in [0.25, 0.3) is 0 Å². The second kappa shape index (κ2) is 5.17. The van der Waals surface area contributed by atoms with Gasteiger partial charge in [-0.2, -0.15) is 0 Å². The van der Waals surface area contributed by atoms with Crippen LogP contribution in [0.5, 0.6) is 0 Å². The Morgan fingerprint density at radius 2 is 1.82 bits per heavy atom. The van der Waals surface area contributed by atoms with Gasteiger partial charge < -0.3 is 9.47 Å². The van der Waals surface area contributed by atoms with E-state index in [1.165, 1.54) is 5.19 Å². The van der Waals surface area contributed by atoms with Gasteiger partial charge in [0.15, 0.2) is 6.29 Å². The van der Waals surface area contributed by atoms with Gasteiger partial charge in [0.05, 0.1) is 21.3 Å². The molecule has 0 radical (unpaired) electrons. The minimum atomic E-state index is -1.34. The van der Waals surface area contributed by atoms with Crippen molar-refractivity contribution >= 4 is 13.3 Å². The van der Waals surface area contributed by atoms with E-state index in [2.05, 4.69) is 43.9 Å². The fourth-order valence-corrected chi connectivity index (χ4v) is 4.15. The van der Waals surface area contributed by atoms with Crippen LogP contribution >= 0.6 is 0 Å². The van der Waals surface area contributed by atoms with Crippen LogP contribution < -0.4 is 5.19 Å². The van der Waals surface area contributed by atoms with Crippen LogP contribution in [0.25, 0.3) is 0 Å². The average Bonchev–Trinajstić information content (AvgIpc) is 2.82. The molecule has 0 spiro atoms. The molecule has 1 aromatic carbocycles. The molecule has 0 bridgehead atoms. The summed E-state index contributed by atoms with van der Waals surface area (Å²) in [6.07, 6.45) is 1.87. The Hall–Kier alpha value is -0.903. The normalized spacial score (nSPS) is 17.3. The molecule has 1 aliphatic rings. The van der Waals surface area contributed by atoms with Crippen molar-refractivity contribution in [2.24, 2.45) is 0 Å². The standard InChI is InChI=1S/C14H20O2Si/c1-4-11-17(2,3)13-7-5-12(6-8-13)14-15-9-10-16-14/h4-8,14H,1,9-11H2,2-3H3. The molecule has 92 valence electrons. The van der Waals surface area contributed by atoms with Crippen LogP contribution in [-0.2, 0) is 9.47 Å².